The molecule has 0 aromatic heterocycles. The van der Waals surface area contributed by atoms with Gasteiger partial charge in [-0.3, -0.25) is 4.79 Å². The molecule has 100 valence electrons. The SMILES string of the molecule is COC(=O)C1(Br)C=CC(c2ccccc2N)=C(F)C1. The molecule has 0 heterocycles. The topological polar surface area (TPSA) is 52.3 Å². The summed E-state index contributed by atoms with van der Waals surface area (Å²) in [5.74, 6) is -0.929. The number of carbonyl (C=O) groups excluding carboxylic acids is 1. The fraction of sp³-hybridized carbons (Fsp3) is 0.214. The minimum absolute atomic E-state index is 0.0974. The lowest BCUT2D eigenvalue weighted by atomic mass is 9.91. The molecule has 0 amide bonds. The molecule has 1 aromatic rings. The zero-order valence-corrected chi connectivity index (χ0v) is 11.9. The zero-order chi connectivity index (χ0) is 14.0. The number of hydrogen-bond acceptors (Lipinski definition) is 3. The van der Waals surface area contributed by atoms with Crippen LogP contribution in [0.2, 0.25) is 0 Å². The van der Waals surface area contributed by atoms with Crippen molar-refractivity contribution in [3.8, 4) is 0 Å². The van der Waals surface area contributed by atoms with Crippen molar-refractivity contribution in [2.75, 3.05) is 12.8 Å². The highest BCUT2D eigenvalue weighted by Gasteiger charge is 2.38. The molecule has 0 bridgehead atoms. The standard InChI is InChI=1S/C14H13BrFNO2/c1-19-13(18)14(15)7-6-9(11(16)8-14)10-4-2-3-5-12(10)17/h2-7H,8,17H2,1H3. The van der Waals surface area contributed by atoms with Crippen molar-refractivity contribution in [1.29, 1.82) is 0 Å². The van der Waals surface area contributed by atoms with Crippen LogP contribution in [0, 0.1) is 0 Å². The van der Waals surface area contributed by atoms with Crippen LogP contribution in [0.3, 0.4) is 0 Å². The van der Waals surface area contributed by atoms with Crippen LogP contribution in [0.4, 0.5) is 10.1 Å². The molecule has 0 aliphatic heterocycles. The minimum Gasteiger partial charge on any atom is -0.468 e. The van der Waals surface area contributed by atoms with Crippen molar-refractivity contribution in [2.45, 2.75) is 10.7 Å². The largest absolute Gasteiger partial charge is 0.468 e. The van der Waals surface area contributed by atoms with Crippen LogP contribution < -0.4 is 5.73 Å². The third-order valence-electron chi connectivity index (χ3n) is 2.99. The number of ether oxygens (including phenoxy) is 1. The van der Waals surface area contributed by atoms with Gasteiger partial charge in [0.2, 0.25) is 0 Å². The number of halogens is 2. The number of methoxy groups -OCH3 is 1. The molecule has 2 rings (SSSR count). The molecule has 0 spiro atoms. The predicted octanol–water partition coefficient (Wildman–Crippen LogP) is 3.22. The molecule has 1 aliphatic carbocycles. The Balaban J connectivity index is 2.38. The van der Waals surface area contributed by atoms with Gasteiger partial charge in [-0.05, 0) is 6.07 Å². The summed E-state index contributed by atoms with van der Waals surface area (Å²) in [6, 6.07) is 7.02. The molecule has 3 nitrogen and oxygen atoms in total. The van der Waals surface area contributed by atoms with Crippen LogP contribution in [-0.4, -0.2) is 17.4 Å². The lowest BCUT2D eigenvalue weighted by Crippen LogP contribution is -2.32. The number of rotatable bonds is 2. The van der Waals surface area contributed by atoms with Gasteiger partial charge in [-0.25, -0.2) is 4.39 Å². The van der Waals surface area contributed by atoms with Crippen molar-refractivity contribution in [1.82, 2.24) is 0 Å². The maximum absolute atomic E-state index is 14.2. The maximum atomic E-state index is 14.2. The first kappa shape index (κ1) is 13.8. The van der Waals surface area contributed by atoms with Crippen LogP contribution in [0.25, 0.3) is 5.57 Å². The Bertz CT molecular complexity index is 583. The molecular weight excluding hydrogens is 313 g/mol. The number of hydrogen-bond donors (Lipinski definition) is 1. The normalized spacial score (nSPS) is 22.5. The van der Waals surface area contributed by atoms with E-state index in [1.165, 1.54) is 7.11 Å². The Kier molecular flexibility index (Phi) is 3.75. The van der Waals surface area contributed by atoms with E-state index in [2.05, 4.69) is 20.7 Å². The van der Waals surface area contributed by atoms with Crippen LogP contribution in [0.5, 0.6) is 0 Å². The first-order valence-corrected chi connectivity index (χ1v) is 6.47. The van der Waals surface area contributed by atoms with Crippen LogP contribution in [0.15, 0.2) is 42.2 Å². The van der Waals surface area contributed by atoms with E-state index in [0.717, 1.165) is 0 Å². The number of alkyl halides is 1. The number of anilines is 1. The van der Waals surface area contributed by atoms with Gasteiger partial charge >= 0.3 is 5.97 Å². The third-order valence-corrected chi connectivity index (χ3v) is 3.86. The second-order valence-corrected chi connectivity index (χ2v) is 5.69. The van der Waals surface area contributed by atoms with E-state index < -0.39 is 16.1 Å². The Hall–Kier alpha value is -1.62. The number of allylic oxidation sites excluding steroid dienone is 3. The van der Waals surface area contributed by atoms with E-state index in [-0.39, 0.29) is 6.42 Å². The summed E-state index contributed by atoms with van der Waals surface area (Å²) >= 11 is 3.21. The van der Waals surface area contributed by atoms with E-state index in [1.807, 2.05) is 0 Å². The molecule has 0 saturated carbocycles. The number of para-hydroxylation sites is 1. The second kappa shape index (κ2) is 5.17. The number of nitrogen functional groups attached to an aromatic ring is 1. The first-order valence-electron chi connectivity index (χ1n) is 5.68. The van der Waals surface area contributed by atoms with Crippen LogP contribution >= 0.6 is 15.9 Å². The molecule has 0 saturated heterocycles. The molecule has 19 heavy (non-hydrogen) atoms. The monoisotopic (exact) mass is 325 g/mol. The highest BCUT2D eigenvalue weighted by Crippen LogP contribution is 2.40. The Labute approximate surface area is 119 Å². The average molecular weight is 326 g/mol. The molecule has 1 aliphatic rings. The summed E-state index contributed by atoms with van der Waals surface area (Å²) in [5.41, 5.74) is 7.35. The van der Waals surface area contributed by atoms with Gasteiger partial charge < -0.3 is 10.5 Å². The summed E-state index contributed by atoms with van der Waals surface area (Å²) < 4.78 is 17.8. The molecule has 2 N–H and O–H groups in total. The number of nitrogens with two attached hydrogens (primary N) is 1. The maximum Gasteiger partial charge on any atom is 0.326 e. The van der Waals surface area contributed by atoms with Crippen molar-refractivity contribution < 1.29 is 13.9 Å². The fourth-order valence-corrected chi connectivity index (χ4v) is 2.51. The highest BCUT2D eigenvalue weighted by atomic mass is 79.9. The fourth-order valence-electron chi connectivity index (χ4n) is 1.97. The lowest BCUT2D eigenvalue weighted by Gasteiger charge is -2.24. The Morgan fingerprint density at radius 1 is 1.47 bits per heavy atom. The van der Waals surface area contributed by atoms with Gasteiger partial charge in [0.25, 0.3) is 0 Å². The first-order chi connectivity index (χ1) is 8.98. The van der Waals surface area contributed by atoms with Crippen molar-refractivity contribution in [3.05, 3.63) is 47.8 Å². The molecule has 0 radical (unpaired) electrons. The van der Waals surface area contributed by atoms with Gasteiger partial charge in [0, 0.05) is 23.2 Å². The Morgan fingerprint density at radius 2 is 2.16 bits per heavy atom. The van der Waals surface area contributed by atoms with Gasteiger partial charge in [0.05, 0.1) is 7.11 Å². The third kappa shape index (κ3) is 2.56. The van der Waals surface area contributed by atoms with E-state index in [9.17, 15) is 9.18 Å². The van der Waals surface area contributed by atoms with E-state index >= 15 is 0 Å². The molecule has 1 atom stereocenters. The summed E-state index contributed by atoms with van der Waals surface area (Å²) in [7, 11) is 1.27. The lowest BCUT2D eigenvalue weighted by molar-refractivity contribution is -0.142. The smallest absolute Gasteiger partial charge is 0.326 e. The molecule has 1 aromatic carbocycles. The van der Waals surface area contributed by atoms with Gasteiger partial charge in [-0.15, -0.1) is 0 Å². The van der Waals surface area contributed by atoms with Crippen LogP contribution in [0.1, 0.15) is 12.0 Å². The minimum atomic E-state index is -1.14. The summed E-state index contributed by atoms with van der Waals surface area (Å²) in [6.07, 6.45) is 3.04. The molecule has 1 unspecified atom stereocenters. The van der Waals surface area contributed by atoms with Crippen molar-refractivity contribution in [2.24, 2.45) is 0 Å². The molecule has 0 fully saturated rings. The van der Waals surface area contributed by atoms with E-state index in [0.29, 0.717) is 16.8 Å². The van der Waals surface area contributed by atoms with E-state index in [1.54, 1.807) is 36.4 Å². The molecule has 5 heteroatoms. The van der Waals surface area contributed by atoms with E-state index in [4.69, 9.17) is 5.73 Å². The zero-order valence-electron chi connectivity index (χ0n) is 10.3. The van der Waals surface area contributed by atoms with Crippen molar-refractivity contribution >= 4 is 33.2 Å². The Morgan fingerprint density at radius 3 is 2.74 bits per heavy atom. The van der Waals surface area contributed by atoms with Gasteiger partial charge in [0.1, 0.15) is 10.2 Å². The summed E-state index contributed by atoms with van der Waals surface area (Å²) in [5, 5.41) is 0. The highest BCUT2D eigenvalue weighted by molar-refractivity contribution is 9.10. The molecular formula is C14H13BrFNO2. The number of carbonyl (C=O) groups is 1. The van der Waals surface area contributed by atoms with Gasteiger partial charge in [0.15, 0.2) is 0 Å². The predicted molar refractivity (Wildman–Crippen MR) is 76.3 cm³/mol. The van der Waals surface area contributed by atoms with Crippen molar-refractivity contribution in [3.63, 3.8) is 0 Å². The van der Waals surface area contributed by atoms with Gasteiger partial charge in [-0.1, -0.05) is 46.3 Å². The second-order valence-electron chi connectivity index (χ2n) is 4.27. The summed E-state index contributed by atoms with van der Waals surface area (Å²) in [4.78, 5) is 11.6. The van der Waals surface area contributed by atoms with Crippen LogP contribution in [-0.2, 0) is 9.53 Å². The quantitative estimate of drug-likeness (QED) is 0.516. The number of esters is 1. The summed E-state index contributed by atoms with van der Waals surface area (Å²) in [6.45, 7) is 0. The van der Waals surface area contributed by atoms with Gasteiger partial charge in [-0.2, -0.15) is 0 Å². The average Bonchev–Trinajstić information content (AvgIpc) is 2.39. The number of benzene rings is 1.